The number of aliphatic hydroxyl groups is 2. The highest BCUT2D eigenvalue weighted by Crippen LogP contribution is 2.05. The molecule has 0 aliphatic heterocycles. The normalized spacial score (nSPS) is 13.7. The first-order valence-corrected chi connectivity index (χ1v) is 4.23. The average molecular weight is 170 g/mol. The van der Waals surface area contributed by atoms with Crippen LogP contribution in [0.1, 0.15) is 26.7 Å². The summed E-state index contributed by atoms with van der Waals surface area (Å²) in [6.07, 6.45) is 5.73. The van der Waals surface area contributed by atoms with Gasteiger partial charge in [0.15, 0.2) is 0 Å². The SMILES string of the molecule is CC(=CCC/C(C)=C/CO)CO. The summed E-state index contributed by atoms with van der Waals surface area (Å²) >= 11 is 0. The second-order valence-electron chi connectivity index (χ2n) is 2.98. The Bertz CT molecular complexity index is 169. The zero-order valence-electron chi connectivity index (χ0n) is 7.88. The molecule has 0 aliphatic carbocycles. The van der Waals surface area contributed by atoms with E-state index in [9.17, 15) is 0 Å². The standard InChI is InChI=1S/C10H18O2/c1-9(6-7-11)4-3-5-10(2)8-12/h5-6,11-12H,3-4,7-8H2,1-2H3/b9-6+,10-5?. The summed E-state index contributed by atoms with van der Waals surface area (Å²) in [6.45, 7) is 4.17. The largest absolute Gasteiger partial charge is 0.392 e. The molecular weight excluding hydrogens is 152 g/mol. The topological polar surface area (TPSA) is 40.5 Å². The minimum atomic E-state index is 0.120. The smallest absolute Gasteiger partial charge is 0.0639 e. The summed E-state index contributed by atoms with van der Waals surface area (Å²) in [5.74, 6) is 0. The van der Waals surface area contributed by atoms with Crippen LogP contribution in [0.15, 0.2) is 23.3 Å². The first-order chi connectivity index (χ1) is 5.70. The van der Waals surface area contributed by atoms with E-state index in [1.807, 2.05) is 26.0 Å². The molecule has 2 heteroatoms. The van der Waals surface area contributed by atoms with Gasteiger partial charge < -0.3 is 10.2 Å². The number of rotatable bonds is 5. The summed E-state index contributed by atoms with van der Waals surface area (Å²) in [5, 5.41) is 17.2. The van der Waals surface area contributed by atoms with Crippen molar-refractivity contribution in [2.45, 2.75) is 26.7 Å². The third-order valence-electron chi connectivity index (χ3n) is 1.72. The first kappa shape index (κ1) is 11.4. The van der Waals surface area contributed by atoms with Gasteiger partial charge in [0, 0.05) is 0 Å². The van der Waals surface area contributed by atoms with E-state index in [-0.39, 0.29) is 13.2 Å². The zero-order valence-corrected chi connectivity index (χ0v) is 7.88. The molecule has 70 valence electrons. The Kier molecular flexibility index (Phi) is 6.72. The van der Waals surface area contributed by atoms with E-state index >= 15 is 0 Å². The maximum atomic E-state index is 8.68. The Morgan fingerprint density at radius 1 is 1.08 bits per heavy atom. The maximum Gasteiger partial charge on any atom is 0.0639 e. The highest BCUT2D eigenvalue weighted by atomic mass is 16.3. The molecule has 0 aromatic rings. The minimum Gasteiger partial charge on any atom is -0.392 e. The Morgan fingerprint density at radius 3 is 2.25 bits per heavy atom. The number of hydrogen-bond donors (Lipinski definition) is 2. The quantitative estimate of drug-likeness (QED) is 0.616. The van der Waals surface area contributed by atoms with Crippen molar-refractivity contribution in [2.24, 2.45) is 0 Å². The van der Waals surface area contributed by atoms with Crippen LogP contribution in [0.25, 0.3) is 0 Å². The van der Waals surface area contributed by atoms with Crippen LogP contribution in [-0.4, -0.2) is 23.4 Å². The highest BCUT2D eigenvalue weighted by Gasteiger charge is 1.88. The van der Waals surface area contributed by atoms with Gasteiger partial charge in [-0.15, -0.1) is 0 Å². The van der Waals surface area contributed by atoms with Gasteiger partial charge in [0.05, 0.1) is 13.2 Å². The van der Waals surface area contributed by atoms with Crippen LogP contribution in [0.2, 0.25) is 0 Å². The summed E-state index contributed by atoms with van der Waals surface area (Å²) < 4.78 is 0. The molecule has 0 amide bonds. The molecule has 0 spiro atoms. The molecule has 0 aromatic carbocycles. The lowest BCUT2D eigenvalue weighted by atomic mass is 10.1. The summed E-state index contributed by atoms with van der Waals surface area (Å²) in [4.78, 5) is 0. The Labute approximate surface area is 74.2 Å². The number of allylic oxidation sites excluding steroid dienone is 2. The highest BCUT2D eigenvalue weighted by molar-refractivity contribution is 5.03. The molecule has 0 fully saturated rings. The van der Waals surface area contributed by atoms with E-state index in [1.165, 1.54) is 5.57 Å². The van der Waals surface area contributed by atoms with Gasteiger partial charge in [0.1, 0.15) is 0 Å². The lowest BCUT2D eigenvalue weighted by molar-refractivity contribution is 0.331. The van der Waals surface area contributed by atoms with Gasteiger partial charge in [-0.1, -0.05) is 23.3 Å². The molecule has 0 aliphatic rings. The summed E-state index contributed by atoms with van der Waals surface area (Å²) in [5.41, 5.74) is 2.20. The van der Waals surface area contributed by atoms with Gasteiger partial charge in [-0.05, 0) is 26.7 Å². The summed E-state index contributed by atoms with van der Waals surface area (Å²) in [6, 6.07) is 0. The van der Waals surface area contributed by atoms with Gasteiger partial charge in [0.25, 0.3) is 0 Å². The monoisotopic (exact) mass is 170 g/mol. The maximum absolute atomic E-state index is 8.68. The van der Waals surface area contributed by atoms with Gasteiger partial charge >= 0.3 is 0 Å². The molecule has 2 nitrogen and oxygen atoms in total. The van der Waals surface area contributed by atoms with E-state index < -0.39 is 0 Å². The number of hydrogen-bond acceptors (Lipinski definition) is 2. The van der Waals surface area contributed by atoms with Crippen molar-refractivity contribution >= 4 is 0 Å². The molecule has 0 saturated heterocycles. The Balaban J connectivity index is 3.62. The molecular formula is C10H18O2. The van der Waals surface area contributed by atoms with Crippen molar-refractivity contribution in [2.75, 3.05) is 13.2 Å². The van der Waals surface area contributed by atoms with Crippen molar-refractivity contribution in [3.05, 3.63) is 23.3 Å². The van der Waals surface area contributed by atoms with Gasteiger partial charge in [-0.25, -0.2) is 0 Å². The van der Waals surface area contributed by atoms with Crippen molar-refractivity contribution in [1.29, 1.82) is 0 Å². The van der Waals surface area contributed by atoms with Gasteiger partial charge in [0.2, 0.25) is 0 Å². The summed E-state index contributed by atoms with van der Waals surface area (Å²) in [7, 11) is 0. The van der Waals surface area contributed by atoms with Crippen LogP contribution in [-0.2, 0) is 0 Å². The van der Waals surface area contributed by atoms with Crippen molar-refractivity contribution in [1.82, 2.24) is 0 Å². The second kappa shape index (κ2) is 7.07. The van der Waals surface area contributed by atoms with Gasteiger partial charge in [-0.3, -0.25) is 0 Å². The fourth-order valence-corrected chi connectivity index (χ4v) is 0.869. The molecule has 0 bridgehead atoms. The fourth-order valence-electron chi connectivity index (χ4n) is 0.869. The van der Waals surface area contributed by atoms with Gasteiger partial charge in [-0.2, -0.15) is 0 Å². The first-order valence-electron chi connectivity index (χ1n) is 4.23. The number of aliphatic hydroxyl groups excluding tert-OH is 2. The molecule has 12 heavy (non-hydrogen) atoms. The van der Waals surface area contributed by atoms with Crippen LogP contribution < -0.4 is 0 Å². The lowest BCUT2D eigenvalue weighted by Crippen LogP contribution is -1.85. The van der Waals surface area contributed by atoms with Crippen molar-refractivity contribution in [3.63, 3.8) is 0 Å². The molecule has 0 rings (SSSR count). The van der Waals surface area contributed by atoms with Crippen molar-refractivity contribution in [3.8, 4) is 0 Å². The minimum absolute atomic E-state index is 0.120. The average Bonchev–Trinajstić information content (AvgIpc) is 2.04. The van der Waals surface area contributed by atoms with Crippen LogP contribution in [0.3, 0.4) is 0 Å². The van der Waals surface area contributed by atoms with E-state index in [4.69, 9.17) is 10.2 Å². The molecule has 0 saturated carbocycles. The molecule has 0 aromatic heterocycles. The van der Waals surface area contributed by atoms with Crippen LogP contribution in [0, 0.1) is 0 Å². The second-order valence-corrected chi connectivity index (χ2v) is 2.98. The van der Waals surface area contributed by atoms with E-state index in [0.29, 0.717) is 0 Å². The lowest BCUT2D eigenvalue weighted by Gasteiger charge is -1.97. The van der Waals surface area contributed by atoms with E-state index in [2.05, 4.69) is 0 Å². The predicted octanol–water partition coefficient (Wildman–Crippen LogP) is 1.64. The molecule has 2 N–H and O–H groups in total. The predicted molar refractivity (Wildman–Crippen MR) is 50.9 cm³/mol. The van der Waals surface area contributed by atoms with Crippen molar-refractivity contribution < 1.29 is 10.2 Å². The van der Waals surface area contributed by atoms with Crippen LogP contribution in [0.4, 0.5) is 0 Å². The zero-order chi connectivity index (χ0) is 9.40. The Morgan fingerprint density at radius 2 is 1.75 bits per heavy atom. The molecule has 0 atom stereocenters. The molecule has 0 unspecified atom stereocenters. The van der Waals surface area contributed by atoms with E-state index in [1.54, 1.807) is 0 Å². The Hall–Kier alpha value is -0.600. The third kappa shape index (κ3) is 6.13. The third-order valence-corrected chi connectivity index (χ3v) is 1.72. The van der Waals surface area contributed by atoms with E-state index in [0.717, 1.165) is 18.4 Å². The fraction of sp³-hybridized carbons (Fsp3) is 0.600. The molecule has 0 heterocycles. The molecule has 0 radical (unpaired) electrons. The van der Waals surface area contributed by atoms with Crippen LogP contribution >= 0.6 is 0 Å². The van der Waals surface area contributed by atoms with Crippen LogP contribution in [0.5, 0.6) is 0 Å².